The number of imidazole rings is 1. The molecule has 0 radical (unpaired) electrons. The van der Waals surface area contributed by atoms with Crippen LogP contribution < -0.4 is 9.64 Å². The summed E-state index contributed by atoms with van der Waals surface area (Å²) in [6, 6.07) is 5.83. The van der Waals surface area contributed by atoms with Crippen molar-refractivity contribution >= 4 is 23.4 Å². The molecule has 0 aliphatic carbocycles. The smallest absolute Gasteiger partial charge is 0.413 e. The number of H-pyrrole nitrogens is 1. The van der Waals surface area contributed by atoms with Crippen LogP contribution in [0, 0.1) is 0 Å². The Morgan fingerprint density at radius 1 is 1.48 bits per heavy atom. The Balaban J connectivity index is 1.97. The molecule has 1 aromatic heterocycles. The minimum atomic E-state index is -0.343. The van der Waals surface area contributed by atoms with Crippen LogP contribution in [-0.4, -0.2) is 36.3 Å². The molecule has 0 saturated carbocycles. The zero-order valence-electron chi connectivity index (χ0n) is 14.6. The van der Waals surface area contributed by atoms with E-state index in [1.54, 1.807) is 17.4 Å². The maximum Gasteiger partial charge on any atom is 0.413 e. The number of nitrogens with one attached hydrogen (secondary N) is 1. The number of hydrogen-bond acceptors (Lipinski definition) is 4. The summed E-state index contributed by atoms with van der Waals surface area (Å²) in [5.74, 6) is 0.834. The van der Waals surface area contributed by atoms with Crippen LogP contribution in [0.25, 0.3) is 11.6 Å². The van der Waals surface area contributed by atoms with Crippen LogP contribution in [-0.2, 0) is 4.74 Å². The fourth-order valence-corrected chi connectivity index (χ4v) is 2.90. The topological polar surface area (TPSA) is 67.5 Å². The van der Waals surface area contributed by atoms with Gasteiger partial charge in [-0.25, -0.2) is 9.78 Å². The predicted octanol–water partition coefficient (Wildman–Crippen LogP) is 4.11. The van der Waals surface area contributed by atoms with Gasteiger partial charge in [0.1, 0.15) is 5.75 Å². The largest absolute Gasteiger partial charge is 0.493 e. The van der Waals surface area contributed by atoms with E-state index < -0.39 is 0 Å². The number of hydrogen-bond donors (Lipinski definition) is 1. The van der Waals surface area contributed by atoms with E-state index in [-0.39, 0.29) is 6.09 Å². The lowest BCUT2D eigenvalue weighted by atomic mass is 9.98. The fraction of sp³-hybridized carbons (Fsp3) is 0.368. The van der Waals surface area contributed by atoms with Crippen LogP contribution in [0.3, 0.4) is 0 Å². The second-order valence-electron chi connectivity index (χ2n) is 5.93. The maximum absolute atomic E-state index is 12.2. The number of carbonyl (C=O) groups excluding carboxylic acids is 1. The number of unbranched alkanes of at least 4 members (excludes halogenated alkanes) is 1. The van der Waals surface area contributed by atoms with Crippen LogP contribution in [0.2, 0.25) is 0 Å². The molecule has 1 aliphatic heterocycles. The Bertz CT molecular complexity index is 753. The molecule has 25 heavy (non-hydrogen) atoms. The average Bonchev–Trinajstić information content (AvgIpc) is 3.15. The molecule has 0 atom stereocenters. The van der Waals surface area contributed by atoms with Crippen molar-refractivity contribution in [2.75, 3.05) is 25.2 Å². The molecular formula is C19H23N3O3. The third-order valence-corrected chi connectivity index (χ3v) is 4.23. The van der Waals surface area contributed by atoms with Crippen LogP contribution in [0.5, 0.6) is 5.75 Å². The molecule has 0 fully saturated rings. The molecule has 0 bridgehead atoms. The van der Waals surface area contributed by atoms with Gasteiger partial charge in [-0.15, -0.1) is 0 Å². The number of fused-ring (bicyclic) bond motifs is 1. The second kappa shape index (κ2) is 7.88. The minimum absolute atomic E-state index is 0.343. The number of aromatic nitrogens is 2. The minimum Gasteiger partial charge on any atom is -0.493 e. The molecule has 0 unspecified atom stereocenters. The highest BCUT2D eigenvalue weighted by Crippen LogP contribution is 2.37. The number of rotatable bonds is 5. The summed E-state index contributed by atoms with van der Waals surface area (Å²) in [5.41, 5.74) is 3.93. The average molecular weight is 341 g/mol. The maximum atomic E-state index is 12.2. The Morgan fingerprint density at radius 2 is 2.36 bits per heavy atom. The highest BCUT2D eigenvalue weighted by molar-refractivity contribution is 5.91. The second-order valence-corrected chi connectivity index (χ2v) is 5.93. The number of nitrogens with zero attached hydrogens (tertiary/aromatic N) is 2. The van der Waals surface area contributed by atoms with Gasteiger partial charge in [0, 0.05) is 24.2 Å². The van der Waals surface area contributed by atoms with E-state index in [4.69, 9.17) is 9.47 Å². The monoisotopic (exact) mass is 341 g/mol. The van der Waals surface area contributed by atoms with Crippen molar-refractivity contribution in [2.45, 2.75) is 26.2 Å². The van der Waals surface area contributed by atoms with Crippen molar-refractivity contribution in [3.8, 4) is 5.75 Å². The van der Waals surface area contributed by atoms with E-state index in [0.717, 1.165) is 47.5 Å². The molecular weight excluding hydrogens is 318 g/mol. The predicted molar refractivity (Wildman–Crippen MR) is 97.7 cm³/mol. The van der Waals surface area contributed by atoms with Gasteiger partial charge >= 0.3 is 6.09 Å². The van der Waals surface area contributed by atoms with Gasteiger partial charge in [-0.05, 0) is 36.3 Å². The normalized spacial score (nSPS) is 14.7. The number of aromatic amines is 1. The van der Waals surface area contributed by atoms with Crippen molar-refractivity contribution in [3.63, 3.8) is 0 Å². The Labute approximate surface area is 147 Å². The number of carbonyl (C=O) groups is 1. The molecule has 1 amide bonds. The van der Waals surface area contributed by atoms with Crippen LogP contribution >= 0.6 is 0 Å². The first-order valence-electron chi connectivity index (χ1n) is 8.54. The number of methoxy groups -OCH3 is 1. The first kappa shape index (κ1) is 17.1. The molecule has 3 rings (SSSR count). The first-order chi connectivity index (χ1) is 12.2. The van der Waals surface area contributed by atoms with Gasteiger partial charge in [0.2, 0.25) is 0 Å². The molecule has 0 spiro atoms. The van der Waals surface area contributed by atoms with E-state index in [1.807, 2.05) is 18.2 Å². The molecule has 132 valence electrons. The van der Waals surface area contributed by atoms with Gasteiger partial charge in [0.05, 0.1) is 31.9 Å². The molecule has 1 aliphatic rings. The zero-order valence-corrected chi connectivity index (χ0v) is 14.6. The summed E-state index contributed by atoms with van der Waals surface area (Å²) in [7, 11) is 1.41. The third-order valence-electron chi connectivity index (χ3n) is 4.23. The van der Waals surface area contributed by atoms with Crippen LogP contribution in [0.4, 0.5) is 10.5 Å². The van der Waals surface area contributed by atoms with Gasteiger partial charge in [-0.3, -0.25) is 4.90 Å². The molecule has 6 nitrogen and oxygen atoms in total. The first-order valence-corrected chi connectivity index (χ1v) is 8.54. The highest BCUT2D eigenvalue weighted by atomic mass is 16.5. The van der Waals surface area contributed by atoms with Crippen molar-refractivity contribution < 1.29 is 14.3 Å². The van der Waals surface area contributed by atoms with Crippen molar-refractivity contribution in [3.05, 3.63) is 42.0 Å². The van der Waals surface area contributed by atoms with Crippen LogP contribution in [0.15, 0.2) is 30.7 Å². The van der Waals surface area contributed by atoms with E-state index in [0.29, 0.717) is 13.2 Å². The van der Waals surface area contributed by atoms with Gasteiger partial charge in [-0.2, -0.15) is 0 Å². The SMILES string of the molecule is CCCCN(C(=O)OC)c1ccc2c(c1)/C(=C/c1cnc[nH]1)CCO2. The van der Waals surface area contributed by atoms with Gasteiger partial charge in [0.25, 0.3) is 0 Å². The Morgan fingerprint density at radius 3 is 3.08 bits per heavy atom. The Hall–Kier alpha value is -2.76. The number of benzene rings is 1. The molecule has 1 N–H and O–H groups in total. The van der Waals surface area contributed by atoms with E-state index in [1.165, 1.54) is 7.11 Å². The quantitative estimate of drug-likeness (QED) is 0.889. The van der Waals surface area contributed by atoms with Crippen molar-refractivity contribution in [2.24, 2.45) is 0 Å². The number of ether oxygens (including phenoxy) is 2. The molecule has 6 heteroatoms. The van der Waals surface area contributed by atoms with Gasteiger partial charge in [-0.1, -0.05) is 13.3 Å². The summed E-state index contributed by atoms with van der Waals surface area (Å²) in [4.78, 5) is 21.0. The molecule has 2 aromatic rings. The van der Waals surface area contributed by atoms with Gasteiger partial charge < -0.3 is 14.5 Å². The summed E-state index contributed by atoms with van der Waals surface area (Å²) < 4.78 is 10.7. The van der Waals surface area contributed by atoms with E-state index >= 15 is 0 Å². The zero-order chi connectivity index (χ0) is 17.6. The van der Waals surface area contributed by atoms with E-state index in [2.05, 4.69) is 23.0 Å². The fourth-order valence-electron chi connectivity index (χ4n) is 2.90. The highest BCUT2D eigenvalue weighted by Gasteiger charge is 2.21. The third kappa shape index (κ3) is 3.84. The Kier molecular flexibility index (Phi) is 5.38. The summed E-state index contributed by atoms with van der Waals surface area (Å²) in [6.45, 7) is 3.37. The molecule has 0 saturated heterocycles. The summed E-state index contributed by atoms with van der Waals surface area (Å²) in [5, 5.41) is 0. The lowest BCUT2D eigenvalue weighted by Crippen LogP contribution is -2.31. The van der Waals surface area contributed by atoms with E-state index in [9.17, 15) is 4.79 Å². The summed E-state index contributed by atoms with van der Waals surface area (Å²) in [6.07, 6.45) is 7.91. The lowest BCUT2D eigenvalue weighted by Gasteiger charge is -2.25. The van der Waals surface area contributed by atoms with Crippen molar-refractivity contribution in [1.29, 1.82) is 0 Å². The number of amides is 1. The van der Waals surface area contributed by atoms with Crippen LogP contribution in [0.1, 0.15) is 37.4 Å². The lowest BCUT2D eigenvalue weighted by molar-refractivity contribution is 0.178. The number of anilines is 1. The summed E-state index contributed by atoms with van der Waals surface area (Å²) >= 11 is 0. The standard InChI is InChI=1S/C19H23N3O3/c1-3-4-8-22(19(23)24-2)16-5-6-18-17(11-16)14(7-9-25-18)10-15-12-20-13-21-15/h5-6,10-13H,3-4,7-9H2,1-2H3,(H,20,21)/b14-10+. The van der Waals surface area contributed by atoms with Gasteiger partial charge in [0.15, 0.2) is 0 Å². The molecule has 2 heterocycles. The molecule has 1 aromatic carbocycles. The van der Waals surface area contributed by atoms with Crippen molar-refractivity contribution in [1.82, 2.24) is 9.97 Å².